The van der Waals surface area contributed by atoms with Crippen molar-refractivity contribution in [3.05, 3.63) is 10.4 Å². The highest BCUT2D eigenvalue weighted by atomic mass is 15.2. The molecule has 0 aromatic heterocycles. The fraction of sp³-hybridized carbons (Fsp3) is 1.00. The molecule has 0 bridgehead atoms. The lowest BCUT2D eigenvalue weighted by Gasteiger charge is -2.32. The van der Waals surface area contributed by atoms with Gasteiger partial charge < -0.3 is 0 Å². The highest BCUT2D eigenvalue weighted by Crippen LogP contribution is 2.34. The molecule has 1 aliphatic carbocycles. The third kappa shape index (κ3) is 2.12. The highest BCUT2D eigenvalue weighted by molar-refractivity contribution is 4.88. The van der Waals surface area contributed by atoms with E-state index in [4.69, 9.17) is 5.53 Å². The Morgan fingerprint density at radius 1 is 1.64 bits per heavy atom. The summed E-state index contributed by atoms with van der Waals surface area (Å²) < 4.78 is 0. The zero-order chi connectivity index (χ0) is 8.32. The fourth-order valence-corrected chi connectivity index (χ4v) is 1.98. The van der Waals surface area contributed by atoms with Crippen LogP contribution in [0.15, 0.2) is 5.11 Å². The molecule has 0 amide bonds. The number of hydrogen-bond donors (Lipinski definition) is 0. The molecule has 0 aromatic rings. The zero-order valence-electron chi connectivity index (χ0n) is 7.25. The van der Waals surface area contributed by atoms with Crippen molar-refractivity contribution in [2.45, 2.75) is 45.1 Å². The van der Waals surface area contributed by atoms with Crippen LogP contribution in [-0.4, -0.2) is 5.54 Å². The minimum absolute atomic E-state index is 0.0909. The maximum Gasteiger partial charge on any atom is 0.0462 e. The lowest BCUT2D eigenvalue weighted by Crippen LogP contribution is -2.28. The van der Waals surface area contributed by atoms with Gasteiger partial charge in [-0.15, -0.1) is 0 Å². The Morgan fingerprint density at radius 2 is 2.36 bits per heavy atom. The standard InChI is InChI=1S/C8H15N3/c1-7-4-3-5-8(2,6-7)10-11-9/h7H,3-6H2,1-2H3/t7-,8+/m0/s1. The minimum atomic E-state index is -0.0909. The van der Waals surface area contributed by atoms with Crippen molar-refractivity contribution < 1.29 is 0 Å². The van der Waals surface area contributed by atoms with Crippen LogP contribution in [0.2, 0.25) is 0 Å². The van der Waals surface area contributed by atoms with E-state index >= 15 is 0 Å². The third-order valence-corrected chi connectivity index (χ3v) is 2.49. The van der Waals surface area contributed by atoms with Gasteiger partial charge in [0.05, 0.1) is 0 Å². The van der Waals surface area contributed by atoms with Crippen molar-refractivity contribution in [1.29, 1.82) is 0 Å². The lowest BCUT2D eigenvalue weighted by atomic mass is 9.78. The molecule has 0 N–H and O–H groups in total. The van der Waals surface area contributed by atoms with Crippen LogP contribution in [0.3, 0.4) is 0 Å². The molecule has 1 fully saturated rings. The van der Waals surface area contributed by atoms with Gasteiger partial charge in [0.15, 0.2) is 0 Å². The molecule has 0 aromatic carbocycles. The summed E-state index contributed by atoms with van der Waals surface area (Å²) in [5, 5.41) is 3.85. The van der Waals surface area contributed by atoms with Gasteiger partial charge in [-0.25, -0.2) is 0 Å². The van der Waals surface area contributed by atoms with E-state index in [2.05, 4.69) is 23.9 Å². The van der Waals surface area contributed by atoms with Gasteiger partial charge in [0.2, 0.25) is 0 Å². The molecule has 1 aliphatic rings. The highest BCUT2D eigenvalue weighted by Gasteiger charge is 2.28. The van der Waals surface area contributed by atoms with Gasteiger partial charge in [0.1, 0.15) is 0 Å². The van der Waals surface area contributed by atoms with Crippen LogP contribution in [-0.2, 0) is 0 Å². The molecule has 2 atom stereocenters. The molecule has 0 unspecified atom stereocenters. The van der Waals surface area contributed by atoms with Crippen LogP contribution in [0.5, 0.6) is 0 Å². The second-order valence-corrected chi connectivity index (χ2v) is 3.89. The molecule has 0 aliphatic heterocycles. The topological polar surface area (TPSA) is 48.8 Å². The predicted octanol–water partition coefficient (Wildman–Crippen LogP) is 3.27. The average molecular weight is 153 g/mol. The predicted molar refractivity (Wildman–Crippen MR) is 45.2 cm³/mol. The zero-order valence-corrected chi connectivity index (χ0v) is 7.25. The third-order valence-electron chi connectivity index (χ3n) is 2.49. The summed E-state index contributed by atoms with van der Waals surface area (Å²) in [6.45, 7) is 4.28. The van der Waals surface area contributed by atoms with Crippen molar-refractivity contribution in [2.75, 3.05) is 0 Å². The molecule has 11 heavy (non-hydrogen) atoms. The van der Waals surface area contributed by atoms with Crippen molar-refractivity contribution in [3.63, 3.8) is 0 Å². The summed E-state index contributed by atoms with van der Waals surface area (Å²) in [5.74, 6) is 0.722. The Kier molecular flexibility index (Phi) is 2.40. The maximum absolute atomic E-state index is 8.33. The Hall–Kier alpha value is -0.690. The summed E-state index contributed by atoms with van der Waals surface area (Å²) in [5.41, 5.74) is 8.24. The molecule has 0 spiro atoms. The molecule has 3 heteroatoms. The van der Waals surface area contributed by atoms with Gasteiger partial charge in [0, 0.05) is 10.5 Å². The minimum Gasteiger partial charge on any atom is -0.0875 e. The van der Waals surface area contributed by atoms with E-state index in [0.29, 0.717) is 0 Å². The lowest BCUT2D eigenvalue weighted by molar-refractivity contribution is 0.256. The molecule has 3 nitrogen and oxygen atoms in total. The molecule has 0 radical (unpaired) electrons. The van der Waals surface area contributed by atoms with Crippen molar-refractivity contribution in [2.24, 2.45) is 11.0 Å². The SMILES string of the molecule is C[C@H]1CCC[C@@](C)(N=[N+]=[N-])C1. The maximum atomic E-state index is 8.33. The van der Waals surface area contributed by atoms with E-state index < -0.39 is 0 Å². The van der Waals surface area contributed by atoms with Gasteiger partial charge >= 0.3 is 0 Å². The van der Waals surface area contributed by atoms with E-state index in [1.165, 1.54) is 12.8 Å². The van der Waals surface area contributed by atoms with Gasteiger partial charge in [0.25, 0.3) is 0 Å². The first-order valence-corrected chi connectivity index (χ1v) is 4.22. The average Bonchev–Trinajstić information content (AvgIpc) is 1.86. The first-order valence-electron chi connectivity index (χ1n) is 4.22. The van der Waals surface area contributed by atoms with Crippen LogP contribution in [0, 0.1) is 5.92 Å². The summed E-state index contributed by atoms with van der Waals surface area (Å²) in [6, 6.07) is 0. The molecular weight excluding hydrogens is 138 g/mol. The van der Waals surface area contributed by atoms with Crippen LogP contribution in [0.1, 0.15) is 39.5 Å². The first-order chi connectivity index (χ1) is 5.16. The molecule has 0 saturated heterocycles. The number of rotatable bonds is 1. The van der Waals surface area contributed by atoms with Crippen LogP contribution >= 0.6 is 0 Å². The molecular formula is C8H15N3. The summed E-state index contributed by atoms with van der Waals surface area (Å²) in [4.78, 5) is 2.89. The van der Waals surface area contributed by atoms with Gasteiger partial charge in [-0.3, -0.25) is 0 Å². The molecule has 1 saturated carbocycles. The van der Waals surface area contributed by atoms with Gasteiger partial charge in [-0.05, 0) is 24.3 Å². The Morgan fingerprint density at radius 3 is 2.91 bits per heavy atom. The second kappa shape index (κ2) is 3.14. The van der Waals surface area contributed by atoms with E-state index in [0.717, 1.165) is 18.8 Å². The number of nitrogens with zero attached hydrogens (tertiary/aromatic N) is 3. The number of hydrogen-bond acceptors (Lipinski definition) is 1. The van der Waals surface area contributed by atoms with Crippen LogP contribution < -0.4 is 0 Å². The van der Waals surface area contributed by atoms with Crippen molar-refractivity contribution in [1.82, 2.24) is 0 Å². The monoisotopic (exact) mass is 153 g/mol. The number of azide groups is 1. The quantitative estimate of drug-likeness (QED) is 0.315. The van der Waals surface area contributed by atoms with E-state index in [1.54, 1.807) is 0 Å². The van der Waals surface area contributed by atoms with Crippen molar-refractivity contribution >= 4 is 0 Å². The van der Waals surface area contributed by atoms with Crippen molar-refractivity contribution in [3.8, 4) is 0 Å². The summed E-state index contributed by atoms with van der Waals surface area (Å²) >= 11 is 0. The summed E-state index contributed by atoms with van der Waals surface area (Å²) in [6.07, 6.45) is 4.60. The van der Waals surface area contributed by atoms with Crippen LogP contribution in [0.4, 0.5) is 0 Å². The Bertz CT molecular complexity index is 184. The molecule has 0 heterocycles. The van der Waals surface area contributed by atoms with Gasteiger partial charge in [-0.2, -0.15) is 0 Å². The largest absolute Gasteiger partial charge is 0.0875 e. The Balaban J connectivity index is 2.62. The fourth-order valence-electron chi connectivity index (χ4n) is 1.98. The molecule has 62 valence electrons. The van der Waals surface area contributed by atoms with E-state index in [1.807, 2.05) is 0 Å². The smallest absolute Gasteiger partial charge is 0.0462 e. The summed E-state index contributed by atoms with van der Waals surface area (Å²) in [7, 11) is 0. The normalized spacial score (nSPS) is 37.8. The van der Waals surface area contributed by atoms with E-state index in [-0.39, 0.29) is 5.54 Å². The molecule has 1 rings (SSSR count). The second-order valence-electron chi connectivity index (χ2n) is 3.89. The van der Waals surface area contributed by atoms with Crippen LogP contribution in [0.25, 0.3) is 10.4 Å². The van der Waals surface area contributed by atoms with E-state index in [9.17, 15) is 0 Å². The van der Waals surface area contributed by atoms with Gasteiger partial charge in [-0.1, -0.05) is 31.8 Å². The first kappa shape index (κ1) is 8.41. The Labute approximate surface area is 67.4 Å².